The highest BCUT2D eigenvalue weighted by Crippen LogP contribution is 2.28. The van der Waals surface area contributed by atoms with Gasteiger partial charge in [-0.2, -0.15) is 5.10 Å². The summed E-state index contributed by atoms with van der Waals surface area (Å²) in [6, 6.07) is 9.71. The van der Waals surface area contributed by atoms with Gasteiger partial charge in [0.15, 0.2) is 5.65 Å². The van der Waals surface area contributed by atoms with Crippen molar-refractivity contribution in [1.29, 1.82) is 0 Å². The number of carbonyl (C=O) groups excluding carboxylic acids is 2. The zero-order valence-corrected chi connectivity index (χ0v) is 19.5. The molecule has 7 nitrogen and oxygen atoms in total. The van der Waals surface area contributed by atoms with Crippen LogP contribution in [0.4, 0.5) is 4.39 Å². The highest BCUT2D eigenvalue weighted by molar-refractivity contribution is 5.94. The van der Waals surface area contributed by atoms with Crippen molar-refractivity contribution in [3.05, 3.63) is 53.6 Å². The summed E-state index contributed by atoms with van der Waals surface area (Å²) in [7, 11) is 0. The van der Waals surface area contributed by atoms with Gasteiger partial charge in [-0.05, 0) is 38.0 Å². The molecule has 0 spiro atoms. The Morgan fingerprint density at radius 2 is 2.00 bits per heavy atom. The van der Waals surface area contributed by atoms with Gasteiger partial charge >= 0.3 is 5.97 Å². The maximum Gasteiger partial charge on any atom is 0.310 e. The van der Waals surface area contributed by atoms with Gasteiger partial charge in [-0.15, -0.1) is 0 Å². The van der Waals surface area contributed by atoms with E-state index in [4.69, 9.17) is 9.84 Å². The highest BCUT2D eigenvalue weighted by Gasteiger charge is 2.31. The van der Waals surface area contributed by atoms with Crippen molar-refractivity contribution >= 4 is 17.5 Å². The van der Waals surface area contributed by atoms with Crippen LogP contribution in [0, 0.1) is 11.7 Å². The number of esters is 1. The zero-order valence-electron chi connectivity index (χ0n) is 19.5. The summed E-state index contributed by atoms with van der Waals surface area (Å²) in [5.74, 6) is -1.24. The Morgan fingerprint density at radius 1 is 1.21 bits per heavy atom. The Hall–Kier alpha value is -3.29. The minimum Gasteiger partial charge on any atom is -0.466 e. The molecule has 0 aliphatic carbocycles. The van der Waals surface area contributed by atoms with Gasteiger partial charge < -0.3 is 9.64 Å². The largest absolute Gasteiger partial charge is 0.466 e. The first-order chi connectivity index (χ1) is 15.7. The second-order valence-corrected chi connectivity index (χ2v) is 9.43. The van der Waals surface area contributed by atoms with Crippen LogP contribution in [0.2, 0.25) is 0 Å². The molecular formula is C25H29FN4O3. The van der Waals surface area contributed by atoms with Crippen LogP contribution < -0.4 is 0 Å². The van der Waals surface area contributed by atoms with Crippen molar-refractivity contribution in [1.82, 2.24) is 19.5 Å². The molecule has 1 fully saturated rings. The van der Waals surface area contributed by atoms with E-state index in [0.717, 1.165) is 12.1 Å². The van der Waals surface area contributed by atoms with Crippen LogP contribution >= 0.6 is 0 Å². The Bertz CT molecular complexity index is 1200. The van der Waals surface area contributed by atoms with Crippen LogP contribution in [0.1, 0.15) is 56.7 Å². The molecule has 0 bridgehead atoms. The third kappa shape index (κ3) is 4.74. The molecule has 33 heavy (non-hydrogen) atoms. The van der Waals surface area contributed by atoms with E-state index in [1.807, 2.05) is 26.8 Å². The number of carbonyl (C=O) groups is 2. The van der Waals surface area contributed by atoms with E-state index in [1.54, 1.807) is 34.5 Å². The van der Waals surface area contributed by atoms with E-state index in [0.29, 0.717) is 43.0 Å². The van der Waals surface area contributed by atoms with Crippen LogP contribution in [0.25, 0.3) is 16.9 Å². The molecule has 4 rings (SSSR count). The van der Waals surface area contributed by atoms with Crippen molar-refractivity contribution < 1.29 is 18.7 Å². The summed E-state index contributed by atoms with van der Waals surface area (Å²) in [5, 5.41) is 4.70. The van der Waals surface area contributed by atoms with E-state index < -0.39 is 0 Å². The molecule has 3 heterocycles. The average Bonchev–Trinajstić information content (AvgIpc) is 3.23. The van der Waals surface area contributed by atoms with Gasteiger partial charge in [0.1, 0.15) is 11.5 Å². The Labute approximate surface area is 192 Å². The minimum absolute atomic E-state index is 0.225. The summed E-state index contributed by atoms with van der Waals surface area (Å²) in [5.41, 5.74) is 2.53. The lowest BCUT2D eigenvalue weighted by atomic mass is 9.93. The third-order valence-corrected chi connectivity index (χ3v) is 5.86. The van der Waals surface area contributed by atoms with Gasteiger partial charge in [-0.3, -0.25) is 9.59 Å². The maximum atomic E-state index is 14.0. The summed E-state index contributed by atoms with van der Waals surface area (Å²) >= 11 is 0. The molecule has 8 heteroatoms. The molecule has 1 aliphatic heterocycles. The van der Waals surface area contributed by atoms with Gasteiger partial charge in [-0.25, -0.2) is 13.9 Å². The number of halogens is 1. The first kappa shape index (κ1) is 22.9. The number of nitrogens with zero attached hydrogens (tertiary/aromatic N) is 4. The Kier molecular flexibility index (Phi) is 6.19. The molecule has 1 amide bonds. The second-order valence-electron chi connectivity index (χ2n) is 9.43. The fourth-order valence-corrected chi connectivity index (χ4v) is 4.08. The average molecular weight is 453 g/mol. The molecular weight excluding hydrogens is 423 g/mol. The molecule has 174 valence electrons. The van der Waals surface area contributed by atoms with Crippen molar-refractivity contribution in [2.75, 3.05) is 19.7 Å². The van der Waals surface area contributed by atoms with Gasteiger partial charge in [0, 0.05) is 30.1 Å². The normalized spacial score (nSPS) is 16.8. The lowest BCUT2D eigenvalue weighted by Crippen LogP contribution is -2.43. The highest BCUT2D eigenvalue weighted by atomic mass is 19.1. The van der Waals surface area contributed by atoms with Crippen molar-refractivity contribution in [2.45, 2.75) is 46.0 Å². The van der Waals surface area contributed by atoms with Crippen molar-refractivity contribution in [3.63, 3.8) is 0 Å². The number of amides is 1. The van der Waals surface area contributed by atoms with E-state index in [9.17, 15) is 14.0 Å². The first-order valence-corrected chi connectivity index (χ1v) is 11.3. The van der Waals surface area contributed by atoms with Gasteiger partial charge in [-0.1, -0.05) is 32.9 Å². The molecule has 2 aromatic heterocycles. The van der Waals surface area contributed by atoms with Gasteiger partial charge in [0.05, 0.1) is 23.9 Å². The third-order valence-electron chi connectivity index (χ3n) is 5.86. The quantitative estimate of drug-likeness (QED) is 0.553. The van der Waals surface area contributed by atoms with Crippen LogP contribution in [0.3, 0.4) is 0 Å². The number of benzene rings is 1. The van der Waals surface area contributed by atoms with Crippen LogP contribution in [0.5, 0.6) is 0 Å². The molecule has 1 saturated heterocycles. The Morgan fingerprint density at radius 3 is 2.70 bits per heavy atom. The molecule has 1 atom stereocenters. The lowest BCUT2D eigenvalue weighted by molar-refractivity contribution is -0.149. The number of fused-ring (bicyclic) bond motifs is 1. The first-order valence-electron chi connectivity index (χ1n) is 11.3. The van der Waals surface area contributed by atoms with E-state index >= 15 is 0 Å². The van der Waals surface area contributed by atoms with E-state index in [1.165, 1.54) is 12.1 Å². The summed E-state index contributed by atoms with van der Waals surface area (Å²) in [6.07, 6.45) is 1.41. The molecule has 0 radical (unpaired) electrons. The summed E-state index contributed by atoms with van der Waals surface area (Å²) in [6.45, 7) is 9.07. The molecule has 0 N–H and O–H groups in total. The summed E-state index contributed by atoms with van der Waals surface area (Å²) < 4.78 is 20.8. The number of aromatic nitrogens is 3. The van der Waals surface area contributed by atoms with Gasteiger partial charge in [0.25, 0.3) is 5.91 Å². The van der Waals surface area contributed by atoms with Crippen LogP contribution in [0.15, 0.2) is 36.4 Å². The standard InChI is InChI=1S/C25H29FN4O3/c1-5-33-24(32)17-9-7-11-29(15-17)23(31)19-13-20(16-8-6-10-18(26)12-16)30-22(27-19)14-21(28-30)25(2,3)4/h6,8,10,12-14,17H,5,7,9,11,15H2,1-4H3. The SMILES string of the molecule is CCOC(=O)C1CCCN(C(=O)c2cc(-c3cccc(F)c3)n3nc(C(C)(C)C)cc3n2)C1. The number of hydrogen-bond acceptors (Lipinski definition) is 5. The predicted octanol–water partition coefficient (Wildman–Crippen LogP) is 4.25. The lowest BCUT2D eigenvalue weighted by Gasteiger charge is -2.31. The smallest absolute Gasteiger partial charge is 0.310 e. The molecule has 0 saturated carbocycles. The second kappa shape index (κ2) is 8.92. The molecule has 3 aromatic rings. The van der Waals surface area contributed by atoms with E-state index in [-0.39, 0.29) is 34.7 Å². The van der Waals surface area contributed by atoms with Gasteiger partial charge in [0.2, 0.25) is 0 Å². The number of likely N-dealkylation sites (tertiary alicyclic amines) is 1. The molecule has 1 aromatic carbocycles. The minimum atomic E-state index is -0.373. The topological polar surface area (TPSA) is 76.8 Å². The maximum absolute atomic E-state index is 14.0. The monoisotopic (exact) mass is 452 g/mol. The van der Waals surface area contributed by atoms with Crippen LogP contribution in [-0.4, -0.2) is 51.1 Å². The number of hydrogen-bond donors (Lipinski definition) is 0. The summed E-state index contributed by atoms with van der Waals surface area (Å²) in [4.78, 5) is 31.9. The van der Waals surface area contributed by atoms with Crippen LogP contribution in [-0.2, 0) is 14.9 Å². The zero-order chi connectivity index (χ0) is 23.8. The number of ether oxygens (including phenoxy) is 1. The molecule has 1 aliphatic rings. The van der Waals surface area contributed by atoms with Crippen molar-refractivity contribution in [2.24, 2.45) is 5.92 Å². The Balaban J connectivity index is 1.76. The fraction of sp³-hybridized carbons (Fsp3) is 0.440. The number of piperidine rings is 1. The predicted molar refractivity (Wildman–Crippen MR) is 122 cm³/mol. The number of rotatable bonds is 4. The fourth-order valence-electron chi connectivity index (χ4n) is 4.08. The molecule has 1 unspecified atom stereocenters. The van der Waals surface area contributed by atoms with E-state index in [2.05, 4.69) is 4.98 Å². The van der Waals surface area contributed by atoms with Crippen molar-refractivity contribution in [3.8, 4) is 11.3 Å².